The molecule has 7 aromatic rings. The third kappa shape index (κ3) is 8.32. The normalized spacial score (nSPS) is 14.0. The minimum absolute atomic E-state index is 0.0691. The van der Waals surface area contributed by atoms with Crippen LogP contribution in [0.2, 0.25) is 0 Å². The molecule has 63 heavy (non-hydrogen) atoms. The Labute approximate surface area is 371 Å². The van der Waals surface area contributed by atoms with Crippen molar-refractivity contribution in [3.63, 3.8) is 0 Å². The number of carbonyl (C=O) groups is 2. The molecule has 0 heterocycles. The second kappa shape index (κ2) is 17.9. The molecule has 6 heteroatoms. The number of nitrogens with zero attached hydrogens (tertiary/aromatic N) is 2. The summed E-state index contributed by atoms with van der Waals surface area (Å²) in [4.78, 5) is 31.6. The smallest absolute Gasteiger partial charge is 0.152 e. The maximum absolute atomic E-state index is 13.5. The molecule has 0 aromatic heterocycles. The molecule has 0 atom stereocenters. The minimum atomic E-state index is 0.0691. The van der Waals surface area contributed by atoms with Crippen LogP contribution in [0.4, 0.5) is 28.4 Å². The molecular weight excluding hydrogens is 773 g/mol. The fraction of sp³-hybridized carbons (Fsp3) is 0.158. The summed E-state index contributed by atoms with van der Waals surface area (Å²) in [5.41, 5.74) is 13.0. The van der Waals surface area contributed by atoms with Gasteiger partial charge in [0.05, 0.1) is 33.9 Å². The summed E-state index contributed by atoms with van der Waals surface area (Å²) < 4.78 is 0. The second-order valence-electron chi connectivity index (χ2n) is 17.0. The first kappa shape index (κ1) is 42.3. The molecular formula is C57H54N4O2. The molecule has 0 amide bonds. The fourth-order valence-electron chi connectivity index (χ4n) is 8.65. The maximum Gasteiger partial charge on any atom is 0.152 e. The summed E-state index contributed by atoms with van der Waals surface area (Å²) >= 11 is 0. The monoisotopic (exact) mass is 826 g/mol. The highest BCUT2D eigenvalue weighted by Gasteiger charge is 2.26. The zero-order valence-corrected chi connectivity index (χ0v) is 37.2. The number of nitrogens with one attached hydrogen (secondary N) is 2. The van der Waals surface area contributed by atoms with E-state index in [2.05, 4.69) is 189 Å². The van der Waals surface area contributed by atoms with Crippen LogP contribution < -0.4 is 20.4 Å². The molecule has 2 N–H and O–H groups in total. The minimum Gasteiger partial charge on any atom is -0.387 e. The van der Waals surface area contributed by atoms with Crippen LogP contribution in [-0.2, 0) is 9.59 Å². The van der Waals surface area contributed by atoms with E-state index >= 15 is 0 Å². The molecule has 0 fully saturated rings. The first-order valence-electron chi connectivity index (χ1n) is 21.5. The van der Waals surface area contributed by atoms with Crippen LogP contribution in [0.5, 0.6) is 0 Å². The van der Waals surface area contributed by atoms with Crippen molar-refractivity contribution in [1.29, 1.82) is 0 Å². The standard InChI is InChI=1S/C57H54N4O2/c1-38-16-22-41(23-17-38)60(42-24-18-39(2)19-25-42)53-30-28-49(45-12-8-10-14-47(45)53)55(58-6)51(36-62)52(37-63)56(59-7)50-29-31-54(48-15-11-9-13-46(48)50)61(43-26-20-40(3)21-27-43)44-32-34-57(4,5)35-33-44/h8-34,36-37,58-59H,35H2,1-7H3/b55-51-,56-52-. The van der Waals surface area contributed by atoms with Gasteiger partial charge in [0.15, 0.2) is 12.6 Å². The topological polar surface area (TPSA) is 64.7 Å². The molecule has 1 aliphatic carbocycles. The second-order valence-corrected chi connectivity index (χ2v) is 17.0. The Balaban J connectivity index is 1.30. The molecule has 7 aromatic carbocycles. The van der Waals surface area contributed by atoms with Gasteiger partial charge in [0.25, 0.3) is 0 Å². The number of aldehydes is 2. The van der Waals surface area contributed by atoms with Gasteiger partial charge in [-0.25, -0.2) is 0 Å². The van der Waals surface area contributed by atoms with Crippen LogP contribution in [0.15, 0.2) is 181 Å². The zero-order valence-electron chi connectivity index (χ0n) is 37.2. The largest absolute Gasteiger partial charge is 0.387 e. The number of aryl methyl sites for hydroxylation is 3. The van der Waals surface area contributed by atoms with Crippen molar-refractivity contribution in [2.45, 2.75) is 41.0 Å². The molecule has 1 aliphatic rings. The lowest BCUT2D eigenvalue weighted by atomic mass is 9.85. The van der Waals surface area contributed by atoms with Gasteiger partial charge >= 0.3 is 0 Å². The lowest BCUT2D eigenvalue weighted by Crippen LogP contribution is -2.20. The third-order valence-corrected chi connectivity index (χ3v) is 12.1. The van der Waals surface area contributed by atoms with Crippen LogP contribution >= 0.6 is 0 Å². The SMILES string of the molecule is CN/C(=C(C=O)\C(C=O)=C(/NC)c1ccc(N(c2ccc(C)cc2)c2ccc(C)cc2)c2ccccc12)c1ccc(N(C2=CCC(C)(C)C=C2)c2ccc(C)cc2)c2ccccc12. The molecule has 6 nitrogen and oxygen atoms in total. The molecule has 0 spiro atoms. The van der Waals surface area contributed by atoms with Crippen LogP contribution in [-0.4, -0.2) is 26.7 Å². The van der Waals surface area contributed by atoms with Crippen molar-refractivity contribution in [3.8, 4) is 0 Å². The zero-order chi connectivity index (χ0) is 44.3. The van der Waals surface area contributed by atoms with Gasteiger partial charge in [0.2, 0.25) is 0 Å². The number of allylic oxidation sites excluding steroid dienone is 5. The van der Waals surface area contributed by atoms with E-state index in [1.807, 2.05) is 30.3 Å². The van der Waals surface area contributed by atoms with Crippen molar-refractivity contribution in [2.24, 2.45) is 5.41 Å². The highest BCUT2D eigenvalue weighted by molar-refractivity contribution is 6.13. The van der Waals surface area contributed by atoms with Crippen molar-refractivity contribution in [1.82, 2.24) is 10.6 Å². The van der Waals surface area contributed by atoms with Crippen LogP contribution in [0, 0.1) is 26.2 Å². The van der Waals surface area contributed by atoms with Gasteiger partial charge in [-0.3, -0.25) is 9.59 Å². The summed E-state index contributed by atoms with van der Waals surface area (Å²) in [7, 11) is 3.60. The van der Waals surface area contributed by atoms with Crippen molar-refractivity contribution < 1.29 is 9.59 Å². The summed E-state index contributed by atoms with van der Waals surface area (Å²) in [6.07, 6.45) is 9.31. The first-order chi connectivity index (χ1) is 30.5. The van der Waals surface area contributed by atoms with E-state index in [0.29, 0.717) is 11.4 Å². The predicted molar refractivity (Wildman–Crippen MR) is 265 cm³/mol. The summed E-state index contributed by atoms with van der Waals surface area (Å²) in [5, 5.41) is 10.6. The van der Waals surface area contributed by atoms with Crippen LogP contribution in [0.3, 0.4) is 0 Å². The van der Waals surface area contributed by atoms with Gasteiger partial charge in [-0.2, -0.15) is 0 Å². The van der Waals surface area contributed by atoms with E-state index in [0.717, 1.165) is 85.8 Å². The highest BCUT2D eigenvalue weighted by Crippen LogP contribution is 2.44. The number of carbonyl (C=O) groups excluding carboxylic acids is 2. The molecule has 0 saturated heterocycles. The first-order valence-corrected chi connectivity index (χ1v) is 21.5. The molecule has 0 unspecified atom stereocenters. The average molecular weight is 827 g/mol. The molecule has 0 saturated carbocycles. The summed E-state index contributed by atoms with van der Waals surface area (Å²) in [5.74, 6) is 0. The maximum atomic E-state index is 13.5. The lowest BCUT2D eigenvalue weighted by molar-refractivity contribution is -0.107. The van der Waals surface area contributed by atoms with E-state index in [-0.39, 0.29) is 16.6 Å². The summed E-state index contributed by atoms with van der Waals surface area (Å²) in [6, 6.07) is 50.5. The van der Waals surface area contributed by atoms with E-state index in [9.17, 15) is 9.59 Å². The Bertz CT molecular complexity index is 2920. The lowest BCUT2D eigenvalue weighted by Gasteiger charge is -2.32. The number of benzene rings is 7. The van der Waals surface area contributed by atoms with E-state index in [4.69, 9.17) is 0 Å². The molecule has 8 rings (SSSR count). The van der Waals surface area contributed by atoms with Gasteiger partial charge in [0.1, 0.15) is 0 Å². The van der Waals surface area contributed by atoms with E-state index in [1.165, 1.54) is 16.7 Å². The fourth-order valence-corrected chi connectivity index (χ4v) is 8.65. The highest BCUT2D eigenvalue weighted by atomic mass is 16.1. The number of anilines is 5. The van der Waals surface area contributed by atoms with Crippen molar-refractivity contribution in [3.05, 3.63) is 208 Å². The van der Waals surface area contributed by atoms with Gasteiger partial charge < -0.3 is 20.4 Å². The molecule has 314 valence electrons. The average Bonchev–Trinajstić information content (AvgIpc) is 3.30. The molecule has 0 radical (unpaired) electrons. The number of rotatable bonds is 13. The molecule has 0 aliphatic heterocycles. The molecule has 0 bridgehead atoms. The summed E-state index contributed by atoms with van der Waals surface area (Å²) in [6.45, 7) is 10.8. The van der Waals surface area contributed by atoms with Crippen LogP contribution in [0.25, 0.3) is 32.9 Å². The number of fused-ring (bicyclic) bond motifs is 2. The third-order valence-electron chi connectivity index (χ3n) is 12.1. The van der Waals surface area contributed by atoms with Gasteiger partial charge in [0, 0.05) is 58.8 Å². The Morgan fingerprint density at radius 1 is 0.508 bits per heavy atom. The van der Waals surface area contributed by atoms with Crippen molar-refractivity contribution >= 4 is 73.9 Å². The van der Waals surface area contributed by atoms with E-state index < -0.39 is 0 Å². The Kier molecular flexibility index (Phi) is 12.0. The number of hydrogen-bond donors (Lipinski definition) is 2. The number of hydrogen-bond acceptors (Lipinski definition) is 6. The van der Waals surface area contributed by atoms with Gasteiger partial charge in [-0.1, -0.05) is 140 Å². The van der Waals surface area contributed by atoms with Gasteiger partial charge in [-0.15, -0.1) is 0 Å². The Morgan fingerprint density at radius 2 is 0.889 bits per heavy atom. The Morgan fingerprint density at radius 3 is 1.25 bits per heavy atom. The quantitative estimate of drug-likeness (QED) is 0.0686. The Hall–Kier alpha value is -7.44. The van der Waals surface area contributed by atoms with Crippen LogP contribution in [0.1, 0.15) is 48.1 Å². The van der Waals surface area contributed by atoms with E-state index in [1.54, 1.807) is 14.1 Å². The predicted octanol–water partition coefficient (Wildman–Crippen LogP) is 13.4. The van der Waals surface area contributed by atoms with Crippen molar-refractivity contribution in [2.75, 3.05) is 23.9 Å². The van der Waals surface area contributed by atoms with Gasteiger partial charge in [-0.05, 0) is 98.0 Å².